The number of amides is 2. The molecule has 1 aromatic rings. The predicted octanol–water partition coefficient (Wildman–Crippen LogP) is 0.940. The fraction of sp³-hybridized carbons (Fsp3) is 0.533. The minimum absolute atomic E-state index is 0.358. The molecular weight excluding hydrogens is 284 g/mol. The molecule has 22 heavy (non-hydrogen) atoms. The molecule has 1 aromatic heterocycles. The SMILES string of the molecule is COCCn1ccc(NC(=O)C(=O)NCC2CC=CCC2)n1. The Labute approximate surface area is 129 Å². The second kappa shape index (κ2) is 8.33. The van der Waals surface area contributed by atoms with Crippen molar-refractivity contribution in [3.63, 3.8) is 0 Å². The van der Waals surface area contributed by atoms with Gasteiger partial charge >= 0.3 is 11.8 Å². The number of allylic oxidation sites excluding steroid dienone is 2. The fourth-order valence-electron chi connectivity index (χ4n) is 2.27. The molecule has 1 heterocycles. The molecule has 120 valence electrons. The van der Waals surface area contributed by atoms with Crippen LogP contribution >= 0.6 is 0 Å². The van der Waals surface area contributed by atoms with Crippen molar-refractivity contribution in [3.8, 4) is 0 Å². The minimum Gasteiger partial charge on any atom is -0.383 e. The van der Waals surface area contributed by atoms with Crippen molar-refractivity contribution in [2.24, 2.45) is 5.92 Å². The summed E-state index contributed by atoms with van der Waals surface area (Å²) in [4.78, 5) is 23.6. The molecule has 0 fully saturated rings. The molecule has 1 unspecified atom stereocenters. The van der Waals surface area contributed by atoms with E-state index in [1.54, 1.807) is 24.1 Å². The standard InChI is InChI=1S/C15H22N4O3/c1-22-10-9-19-8-7-13(18-19)17-15(21)14(20)16-11-12-5-3-2-4-6-12/h2-3,7-8,12H,4-6,9-11H2,1H3,(H,16,20)(H,17,18,21). The normalized spacial score (nSPS) is 17.2. The molecule has 1 aliphatic rings. The molecular formula is C15H22N4O3. The molecule has 1 atom stereocenters. The van der Waals surface area contributed by atoms with Gasteiger partial charge in [-0.05, 0) is 25.2 Å². The van der Waals surface area contributed by atoms with E-state index in [0.29, 0.717) is 31.4 Å². The summed E-state index contributed by atoms with van der Waals surface area (Å²) in [6, 6.07) is 1.65. The van der Waals surface area contributed by atoms with Crippen LogP contribution in [0.15, 0.2) is 24.4 Å². The lowest BCUT2D eigenvalue weighted by Gasteiger charge is -2.17. The van der Waals surface area contributed by atoms with Crippen LogP contribution in [0.3, 0.4) is 0 Å². The number of carbonyl (C=O) groups excluding carboxylic acids is 2. The van der Waals surface area contributed by atoms with E-state index in [9.17, 15) is 9.59 Å². The first-order chi connectivity index (χ1) is 10.7. The van der Waals surface area contributed by atoms with Crippen LogP contribution in [-0.2, 0) is 20.9 Å². The molecule has 7 nitrogen and oxygen atoms in total. The van der Waals surface area contributed by atoms with Gasteiger partial charge in [-0.15, -0.1) is 0 Å². The van der Waals surface area contributed by atoms with Crippen molar-refractivity contribution >= 4 is 17.6 Å². The second-order valence-electron chi connectivity index (χ2n) is 5.27. The molecule has 7 heteroatoms. The summed E-state index contributed by atoms with van der Waals surface area (Å²) < 4.78 is 6.59. The molecule has 0 aliphatic heterocycles. The number of ether oxygens (including phenoxy) is 1. The van der Waals surface area contributed by atoms with Crippen LogP contribution in [0.25, 0.3) is 0 Å². The lowest BCUT2D eigenvalue weighted by molar-refractivity contribution is -0.136. The van der Waals surface area contributed by atoms with Crippen LogP contribution in [0, 0.1) is 5.92 Å². The Kier molecular flexibility index (Phi) is 6.14. The number of carbonyl (C=O) groups is 2. The maximum Gasteiger partial charge on any atom is 0.314 e. The molecule has 0 saturated heterocycles. The van der Waals surface area contributed by atoms with Gasteiger partial charge in [-0.25, -0.2) is 0 Å². The van der Waals surface area contributed by atoms with Crippen molar-refractivity contribution in [3.05, 3.63) is 24.4 Å². The topological polar surface area (TPSA) is 85.2 Å². The van der Waals surface area contributed by atoms with Crippen molar-refractivity contribution in [2.45, 2.75) is 25.8 Å². The number of nitrogens with zero attached hydrogens (tertiary/aromatic N) is 2. The number of hydrogen-bond donors (Lipinski definition) is 2. The summed E-state index contributed by atoms with van der Waals surface area (Å²) in [5, 5.41) is 9.30. The summed E-state index contributed by atoms with van der Waals surface area (Å²) in [6.45, 7) is 1.65. The third-order valence-electron chi connectivity index (χ3n) is 3.54. The van der Waals surface area contributed by atoms with Gasteiger partial charge in [0, 0.05) is 25.9 Å². The maximum atomic E-state index is 11.8. The quantitative estimate of drug-likeness (QED) is 0.605. The molecule has 2 rings (SSSR count). The zero-order chi connectivity index (χ0) is 15.8. The van der Waals surface area contributed by atoms with Crippen LogP contribution in [0.1, 0.15) is 19.3 Å². The first-order valence-corrected chi connectivity index (χ1v) is 7.45. The number of aromatic nitrogens is 2. The summed E-state index contributed by atoms with van der Waals surface area (Å²) in [7, 11) is 1.61. The first-order valence-electron chi connectivity index (χ1n) is 7.45. The van der Waals surface area contributed by atoms with E-state index in [-0.39, 0.29) is 0 Å². The number of nitrogens with one attached hydrogen (secondary N) is 2. The van der Waals surface area contributed by atoms with Gasteiger partial charge in [0.25, 0.3) is 0 Å². The number of methoxy groups -OCH3 is 1. The molecule has 1 aliphatic carbocycles. The molecule has 0 aromatic carbocycles. The van der Waals surface area contributed by atoms with Gasteiger partial charge in [-0.3, -0.25) is 14.3 Å². The van der Waals surface area contributed by atoms with Crippen molar-refractivity contribution in [1.29, 1.82) is 0 Å². The summed E-state index contributed by atoms with van der Waals surface area (Å²) in [5.41, 5.74) is 0. The van der Waals surface area contributed by atoms with Crippen molar-refractivity contribution in [1.82, 2.24) is 15.1 Å². The monoisotopic (exact) mass is 306 g/mol. The lowest BCUT2D eigenvalue weighted by atomic mass is 9.94. The fourth-order valence-corrected chi connectivity index (χ4v) is 2.27. The molecule has 0 saturated carbocycles. The summed E-state index contributed by atoms with van der Waals surface area (Å²) in [6.07, 6.45) is 9.01. The largest absolute Gasteiger partial charge is 0.383 e. The highest BCUT2D eigenvalue weighted by Gasteiger charge is 2.17. The van der Waals surface area contributed by atoms with Crippen molar-refractivity contribution in [2.75, 3.05) is 25.6 Å². The van der Waals surface area contributed by atoms with E-state index in [0.717, 1.165) is 19.3 Å². The van der Waals surface area contributed by atoms with Gasteiger partial charge < -0.3 is 15.4 Å². The van der Waals surface area contributed by atoms with Crippen LogP contribution in [0.5, 0.6) is 0 Å². The Morgan fingerprint density at radius 2 is 2.27 bits per heavy atom. The van der Waals surface area contributed by atoms with Gasteiger partial charge in [-0.2, -0.15) is 5.10 Å². The second-order valence-corrected chi connectivity index (χ2v) is 5.27. The number of hydrogen-bond acceptors (Lipinski definition) is 4. The van der Waals surface area contributed by atoms with E-state index in [1.807, 2.05) is 0 Å². The maximum absolute atomic E-state index is 11.8. The minimum atomic E-state index is -0.691. The van der Waals surface area contributed by atoms with Crippen LogP contribution in [0.2, 0.25) is 0 Å². The molecule has 0 radical (unpaired) electrons. The Bertz CT molecular complexity index is 539. The lowest BCUT2D eigenvalue weighted by Crippen LogP contribution is -2.38. The van der Waals surface area contributed by atoms with Gasteiger partial charge in [0.15, 0.2) is 5.82 Å². The highest BCUT2D eigenvalue weighted by atomic mass is 16.5. The zero-order valence-electron chi connectivity index (χ0n) is 12.7. The third kappa shape index (κ3) is 5.00. The molecule has 2 amide bonds. The predicted molar refractivity (Wildman–Crippen MR) is 82.2 cm³/mol. The van der Waals surface area contributed by atoms with E-state index in [4.69, 9.17) is 4.74 Å². The van der Waals surface area contributed by atoms with E-state index in [1.165, 1.54) is 0 Å². The van der Waals surface area contributed by atoms with Gasteiger partial charge in [0.05, 0.1) is 13.2 Å². The van der Waals surface area contributed by atoms with Crippen LogP contribution < -0.4 is 10.6 Å². The van der Waals surface area contributed by atoms with Crippen molar-refractivity contribution < 1.29 is 14.3 Å². The van der Waals surface area contributed by atoms with Gasteiger partial charge in [0.2, 0.25) is 0 Å². The molecule has 0 bridgehead atoms. The average Bonchev–Trinajstić information content (AvgIpc) is 2.99. The highest BCUT2D eigenvalue weighted by Crippen LogP contribution is 2.16. The Morgan fingerprint density at radius 1 is 1.41 bits per heavy atom. The number of rotatable bonds is 6. The van der Waals surface area contributed by atoms with Crippen LogP contribution in [0.4, 0.5) is 5.82 Å². The Hall–Kier alpha value is -2.15. The first kappa shape index (κ1) is 16.2. The molecule has 0 spiro atoms. The average molecular weight is 306 g/mol. The van der Waals surface area contributed by atoms with Gasteiger partial charge in [-0.1, -0.05) is 12.2 Å². The van der Waals surface area contributed by atoms with E-state index >= 15 is 0 Å². The van der Waals surface area contributed by atoms with E-state index in [2.05, 4.69) is 27.9 Å². The zero-order valence-corrected chi connectivity index (χ0v) is 12.7. The summed E-state index contributed by atoms with van der Waals surface area (Å²) in [5.74, 6) is -0.545. The third-order valence-corrected chi connectivity index (χ3v) is 3.54. The molecule has 2 N–H and O–H groups in total. The smallest absolute Gasteiger partial charge is 0.314 e. The Morgan fingerprint density at radius 3 is 3.00 bits per heavy atom. The van der Waals surface area contributed by atoms with E-state index < -0.39 is 11.8 Å². The Balaban J connectivity index is 1.74. The van der Waals surface area contributed by atoms with Gasteiger partial charge in [0.1, 0.15) is 0 Å². The highest BCUT2D eigenvalue weighted by molar-refractivity contribution is 6.39. The van der Waals surface area contributed by atoms with Crippen LogP contribution in [-0.4, -0.2) is 41.9 Å². The number of anilines is 1. The summed E-state index contributed by atoms with van der Waals surface area (Å²) >= 11 is 0.